The summed E-state index contributed by atoms with van der Waals surface area (Å²) in [6.07, 6.45) is 4.84. The SMILES string of the molecule is CC(C)c1cc2c3c(c1)N(c1ccccc1)c1cc4c(cc1B3c1ccc(N3c5ccccc5C(C)(C)C3(C)C)cc1N2c1ccccc1)N(c1ccccc1)C1(C)CCCCC41C. The second kappa shape index (κ2) is 13.7. The second-order valence-corrected chi connectivity index (χ2v) is 21.1. The molecule has 0 N–H and O–H groups in total. The molecule has 5 heteroatoms. The summed E-state index contributed by atoms with van der Waals surface area (Å²) in [4.78, 5) is 10.6. The third-order valence-electron chi connectivity index (χ3n) is 17.2. The van der Waals surface area contributed by atoms with Crippen molar-refractivity contribution >= 4 is 80.0 Å². The van der Waals surface area contributed by atoms with Crippen LogP contribution in [0.1, 0.15) is 104 Å². The van der Waals surface area contributed by atoms with E-state index in [-0.39, 0.29) is 28.6 Å². The van der Waals surface area contributed by atoms with Crippen molar-refractivity contribution in [1.29, 1.82) is 0 Å². The number of rotatable bonds is 5. The smallest absolute Gasteiger partial charge is 0.252 e. The number of benzene rings is 7. The fraction of sp³-hybridized carbons (Fsp3) is 0.288. The minimum Gasteiger partial charge on any atom is -0.335 e. The van der Waals surface area contributed by atoms with Gasteiger partial charge in [0, 0.05) is 73.2 Å². The summed E-state index contributed by atoms with van der Waals surface area (Å²) in [7, 11) is 0. The van der Waals surface area contributed by atoms with Crippen LogP contribution in [-0.2, 0) is 10.8 Å². The average Bonchev–Trinajstić information content (AvgIpc) is 3.60. The molecule has 0 bridgehead atoms. The molecule has 0 spiro atoms. The normalized spacial score (nSPS) is 21.9. The summed E-state index contributed by atoms with van der Waals surface area (Å²) in [5.41, 5.74) is 20.7. The lowest BCUT2D eigenvalue weighted by Crippen LogP contribution is -2.61. The molecular weight excluding hydrogens is 775 g/mol. The fourth-order valence-electron chi connectivity index (χ4n) is 13.0. The Balaban J connectivity index is 1.18. The highest BCUT2D eigenvalue weighted by Gasteiger charge is 2.59. The maximum absolute atomic E-state index is 2.75. The molecule has 4 heterocycles. The average molecular weight is 835 g/mol. The molecule has 7 aromatic carbocycles. The van der Waals surface area contributed by atoms with Crippen molar-refractivity contribution < 1.29 is 0 Å². The number of anilines is 10. The van der Waals surface area contributed by atoms with E-state index in [4.69, 9.17) is 0 Å². The van der Waals surface area contributed by atoms with Gasteiger partial charge in [0.1, 0.15) is 0 Å². The van der Waals surface area contributed by atoms with Gasteiger partial charge >= 0.3 is 0 Å². The number of hydrogen-bond acceptors (Lipinski definition) is 4. The highest BCUT2D eigenvalue weighted by Crippen LogP contribution is 2.62. The van der Waals surface area contributed by atoms with E-state index in [9.17, 15) is 0 Å². The van der Waals surface area contributed by atoms with Gasteiger partial charge in [-0.25, -0.2) is 0 Å². The molecule has 0 saturated heterocycles. The molecule has 0 radical (unpaired) electrons. The van der Waals surface area contributed by atoms with Gasteiger partial charge in [-0.15, -0.1) is 0 Å². The zero-order valence-electron chi connectivity index (χ0n) is 38.8. The van der Waals surface area contributed by atoms with E-state index in [2.05, 4.69) is 233 Å². The van der Waals surface area contributed by atoms with Crippen LogP contribution in [-0.4, -0.2) is 17.8 Å². The highest BCUT2D eigenvalue weighted by atomic mass is 15.3. The van der Waals surface area contributed by atoms with E-state index in [1.165, 1.54) is 109 Å². The van der Waals surface area contributed by atoms with Crippen molar-refractivity contribution in [3.63, 3.8) is 0 Å². The lowest BCUT2D eigenvalue weighted by molar-refractivity contribution is 0.195. The zero-order chi connectivity index (χ0) is 43.9. The predicted octanol–water partition coefficient (Wildman–Crippen LogP) is 13.8. The van der Waals surface area contributed by atoms with Gasteiger partial charge in [0.05, 0.1) is 5.54 Å². The van der Waals surface area contributed by atoms with Gasteiger partial charge in [0.25, 0.3) is 6.71 Å². The summed E-state index contributed by atoms with van der Waals surface area (Å²) in [6.45, 7) is 19.5. The Hall–Kier alpha value is -6.20. The monoisotopic (exact) mass is 834 g/mol. The fourth-order valence-corrected chi connectivity index (χ4v) is 13.0. The Morgan fingerprint density at radius 2 is 1.02 bits per heavy atom. The number of hydrogen-bond donors (Lipinski definition) is 0. The topological polar surface area (TPSA) is 13.0 Å². The van der Waals surface area contributed by atoms with Crippen LogP contribution in [0, 0.1) is 0 Å². The van der Waals surface area contributed by atoms with Crippen molar-refractivity contribution in [2.24, 2.45) is 0 Å². The lowest BCUT2D eigenvalue weighted by Gasteiger charge is -2.50. The molecule has 1 fully saturated rings. The van der Waals surface area contributed by atoms with Gasteiger partial charge in [-0.1, -0.05) is 126 Å². The predicted molar refractivity (Wildman–Crippen MR) is 273 cm³/mol. The van der Waals surface area contributed by atoms with Crippen molar-refractivity contribution in [3.05, 3.63) is 174 Å². The first-order chi connectivity index (χ1) is 30.8. The minimum atomic E-state index is -0.175. The third-order valence-corrected chi connectivity index (χ3v) is 17.2. The van der Waals surface area contributed by atoms with Gasteiger partial charge in [-0.05, 0) is 151 Å². The molecular formula is C59H59BN4. The number of para-hydroxylation sites is 4. The molecule has 5 aliphatic rings. The van der Waals surface area contributed by atoms with Crippen molar-refractivity contribution in [1.82, 2.24) is 0 Å². The van der Waals surface area contributed by atoms with E-state index in [0.29, 0.717) is 5.92 Å². The van der Waals surface area contributed by atoms with Crippen LogP contribution < -0.4 is 36.0 Å². The lowest BCUT2D eigenvalue weighted by atomic mass is 9.33. The maximum Gasteiger partial charge on any atom is 0.252 e. The van der Waals surface area contributed by atoms with Gasteiger partial charge in [0.15, 0.2) is 0 Å². The quantitative estimate of drug-likeness (QED) is 0.160. The van der Waals surface area contributed by atoms with E-state index in [1.54, 1.807) is 0 Å². The summed E-state index contributed by atoms with van der Waals surface area (Å²) in [6, 6.07) is 60.4. The first-order valence-electron chi connectivity index (χ1n) is 23.8. The maximum atomic E-state index is 2.75. The first kappa shape index (κ1) is 39.4. The van der Waals surface area contributed by atoms with E-state index >= 15 is 0 Å². The molecule has 4 nitrogen and oxygen atoms in total. The highest BCUT2D eigenvalue weighted by molar-refractivity contribution is 7.00. The first-order valence-corrected chi connectivity index (χ1v) is 23.8. The van der Waals surface area contributed by atoms with Crippen LogP contribution in [0.15, 0.2) is 158 Å². The summed E-state index contributed by atoms with van der Waals surface area (Å²) in [5.74, 6) is 0.329. The third kappa shape index (κ3) is 5.13. The van der Waals surface area contributed by atoms with Gasteiger partial charge in [0.2, 0.25) is 0 Å². The summed E-state index contributed by atoms with van der Waals surface area (Å²) < 4.78 is 0. The Morgan fingerprint density at radius 1 is 0.453 bits per heavy atom. The molecule has 7 aromatic rings. The molecule has 0 aromatic heterocycles. The van der Waals surface area contributed by atoms with Gasteiger partial charge < -0.3 is 19.6 Å². The molecule has 1 aliphatic carbocycles. The molecule has 0 amide bonds. The van der Waals surface area contributed by atoms with Crippen molar-refractivity contribution in [2.75, 3.05) is 19.6 Å². The summed E-state index contributed by atoms with van der Waals surface area (Å²) >= 11 is 0. The van der Waals surface area contributed by atoms with Crippen LogP contribution >= 0.6 is 0 Å². The van der Waals surface area contributed by atoms with Crippen LogP contribution in [0.2, 0.25) is 0 Å². The Kier molecular flexibility index (Phi) is 8.41. The minimum absolute atomic E-state index is 0.00617. The van der Waals surface area contributed by atoms with Crippen LogP contribution in [0.3, 0.4) is 0 Å². The van der Waals surface area contributed by atoms with E-state index in [0.717, 1.165) is 6.42 Å². The van der Waals surface area contributed by atoms with Crippen LogP contribution in [0.4, 0.5) is 56.9 Å². The van der Waals surface area contributed by atoms with Crippen LogP contribution in [0.5, 0.6) is 0 Å². The zero-order valence-corrected chi connectivity index (χ0v) is 38.8. The molecule has 2 unspecified atom stereocenters. The second-order valence-electron chi connectivity index (χ2n) is 21.1. The van der Waals surface area contributed by atoms with Crippen molar-refractivity contribution in [2.45, 2.75) is 109 Å². The number of nitrogens with zero attached hydrogens (tertiary/aromatic N) is 4. The van der Waals surface area contributed by atoms with Gasteiger partial charge in [-0.3, -0.25) is 0 Å². The standard InChI is InChI=1S/C59H59BN4/c1-39(2)40-34-53-55-54(35-40)62(42-24-14-10-15-25-42)52-37-46-50(64(43-26-16-11-17-27-43)59(8)33-21-20-32-58(46,59)7)38-48(52)60(55)47-31-30-44(36-51(47)61(53)41-22-12-9-13-23-41)63-49-29-19-18-28-45(49)56(3,4)57(63,5)6/h9-19,22-31,34-39H,20-21,32-33H2,1-8H3. The van der Waals surface area contributed by atoms with E-state index in [1.807, 2.05) is 0 Å². The molecule has 4 aliphatic heterocycles. The van der Waals surface area contributed by atoms with Crippen molar-refractivity contribution in [3.8, 4) is 0 Å². The Labute approximate surface area is 381 Å². The van der Waals surface area contributed by atoms with Gasteiger partial charge in [-0.2, -0.15) is 0 Å². The Morgan fingerprint density at radius 3 is 1.64 bits per heavy atom. The Bertz CT molecular complexity index is 2990. The number of fused-ring (bicyclic) bond motifs is 8. The molecule has 318 valence electrons. The van der Waals surface area contributed by atoms with Crippen LogP contribution in [0.25, 0.3) is 0 Å². The molecule has 64 heavy (non-hydrogen) atoms. The molecule has 2 atom stereocenters. The molecule has 1 saturated carbocycles. The molecule has 12 rings (SSSR count). The largest absolute Gasteiger partial charge is 0.335 e. The van der Waals surface area contributed by atoms with E-state index < -0.39 is 0 Å². The summed E-state index contributed by atoms with van der Waals surface area (Å²) in [5, 5.41) is 0.